The molecule has 4 aromatic carbocycles. The number of hydrogen-bond donors (Lipinski definition) is 0. The van der Waals surface area contributed by atoms with Crippen molar-refractivity contribution in [3.63, 3.8) is 0 Å². The van der Waals surface area contributed by atoms with E-state index < -0.39 is 12.0 Å². The van der Waals surface area contributed by atoms with Gasteiger partial charge in [-0.25, -0.2) is 9.79 Å². The van der Waals surface area contributed by atoms with Crippen molar-refractivity contribution < 1.29 is 9.53 Å². The number of esters is 1. The second-order valence-corrected chi connectivity index (χ2v) is 13.4. The zero-order chi connectivity index (χ0) is 32.5. The largest absolute Gasteiger partial charge is 0.463 e. The van der Waals surface area contributed by atoms with Crippen molar-refractivity contribution in [2.45, 2.75) is 24.4 Å². The third kappa shape index (κ3) is 6.00. The van der Waals surface area contributed by atoms with Gasteiger partial charge in [0.2, 0.25) is 0 Å². The van der Waals surface area contributed by atoms with Crippen LogP contribution in [0.1, 0.15) is 35.2 Å². The summed E-state index contributed by atoms with van der Waals surface area (Å²) in [7, 11) is 0. The second kappa shape index (κ2) is 13.2. The number of thiazole rings is 1. The lowest BCUT2D eigenvalue weighted by Crippen LogP contribution is -2.40. The molecule has 0 N–H and O–H groups in total. The summed E-state index contributed by atoms with van der Waals surface area (Å²) in [5.41, 5.74) is 5.33. The lowest BCUT2D eigenvalue weighted by atomic mass is 9.93. The molecule has 0 fully saturated rings. The number of ether oxygens (including phenoxy) is 1. The molecular weight excluding hydrogens is 646 g/mol. The number of rotatable bonds is 8. The number of para-hydroxylation sites is 1. The van der Waals surface area contributed by atoms with E-state index in [1.54, 1.807) is 23.3 Å². The molecular formula is C38H30ClN3O3S2. The first kappa shape index (κ1) is 31.0. The van der Waals surface area contributed by atoms with Crippen molar-refractivity contribution in [3.8, 4) is 0 Å². The fraction of sp³-hybridized carbons (Fsp3) is 0.132. The van der Waals surface area contributed by atoms with E-state index >= 15 is 0 Å². The summed E-state index contributed by atoms with van der Waals surface area (Å²) in [6.45, 7) is 2.64. The number of halogens is 1. The van der Waals surface area contributed by atoms with E-state index in [0.717, 1.165) is 38.1 Å². The van der Waals surface area contributed by atoms with Crippen LogP contribution in [0.5, 0.6) is 0 Å². The van der Waals surface area contributed by atoms with E-state index in [9.17, 15) is 9.59 Å². The highest BCUT2D eigenvalue weighted by atomic mass is 35.5. The topological polar surface area (TPSA) is 65.6 Å². The Bertz CT molecular complexity index is 2320. The summed E-state index contributed by atoms with van der Waals surface area (Å²) < 4.78 is 9.97. The molecule has 0 amide bonds. The number of benzene rings is 4. The molecule has 0 radical (unpaired) electrons. The first-order valence-electron chi connectivity index (χ1n) is 15.2. The molecule has 47 heavy (non-hydrogen) atoms. The summed E-state index contributed by atoms with van der Waals surface area (Å²) in [5.74, 6) is -0.492. The van der Waals surface area contributed by atoms with Gasteiger partial charge in [-0.3, -0.25) is 9.36 Å². The summed E-state index contributed by atoms with van der Waals surface area (Å²) in [6, 6.07) is 32.9. The van der Waals surface area contributed by atoms with E-state index in [0.29, 0.717) is 32.2 Å². The summed E-state index contributed by atoms with van der Waals surface area (Å²) in [4.78, 5) is 34.8. The van der Waals surface area contributed by atoms with Gasteiger partial charge in [0, 0.05) is 44.7 Å². The van der Waals surface area contributed by atoms with Gasteiger partial charge in [0.25, 0.3) is 5.56 Å². The second-order valence-electron chi connectivity index (χ2n) is 11.1. The highest BCUT2D eigenvalue weighted by Crippen LogP contribution is 2.36. The zero-order valence-electron chi connectivity index (χ0n) is 25.7. The molecule has 0 aliphatic carbocycles. The van der Waals surface area contributed by atoms with Gasteiger partial charge in [0.05, 0.1) is 28.5 Å². The number of nitrogens with zero attached hydrogens (tertiary/aromatic N) is 3. The average Bonchev–Trinajstić information content (AvgIpc) is 3.61. The van der Waals surface area contributed by atoms with E-state index in [-0.39, 0.29) is 12.2 Å². The number of carbonyl (C=O) groups excluding carboxylic acids is 1. The third-order valence-corrected chi connectivity index (χ3v) is 10.2. The van der Waals surface area contributed by atoms with Gasteiger partial charge in [0.15, 0.2) is 4.80 Å². The molecule has 6 nitrogen and oxygen atoms in total. The first-order chi connectivity index (χ1) is 22.9. The molecule has 234 valence electrons. The molecule has 6 aromatic rings. The lowest BCUT2D eigenvalue weighted by Gasteiger charge is -2.26. The van der Waals surface area contributed by atoms with Crippen LogP contribution in [-0.2, 0) is 16.1 Å². The van der Waals surface area contributed by atoms with E-state index in [1.807, 2.05) is 103 Å². The Hall–Kier alpha value is -4.63. The SMILES string of the molecule is CCOC(=O)C1=C(c2ccccc2)N=c2s/c(=C\c3cn(Cc4ccc(Cl)cc4)c4ccccc34)c(=O)n2[C@H]1c1ccc(SC)cc1. The lowest BCUT2D eigenvalue weighted by molar-refractivity contribution is -0.138. The van der Waals surface area contributed by atoms with Crippen LogP contribution in [0, 0.1) is 0 Å². The minimum Gasteiger partial charge on any atom is -0.463 e. The number of hydrogen-bond acceptors (Lipinski definition) is 6. The zero-order valence-corrected chi connectivity index (χ0v) is 28.1. The summed E-state index contributed by atoms with van der Waals surface area (Å²) in [5, 5.41) is 1.73. The van der Waals surface area contributed by atoms with E-state index in [4.69, 9.17) is 21.3 Å². The minimum absolute atomic E-state index is 0.201. The fourth-order valence-corrected chi connectivity index (χ4v) is 7.52. The molecule has 3 heterocycles. The molecule has 9 heteroatoms. The van der Waals surface area contributed by atoms with Gasteiger partial charge in [-0.05, 0) is 60.7 Å². The van der Waals surface area contributed by atoms with Crippen LogP contribution in [0.2, 0.25) is 5.02 Å². The van der Waals surface area contributed by atoms with E-state index in [2.05, 4.69) is 22.9 Å². The number of thioether (sulfide) groups is 1. The van der Waals surface area contributed by atoms with Crippen LogP contribution in [-0.4, -0.2) is 28.0 Å². The van der Waals surface area contributed by atoms with Crippen molar-refractivity contribution in [2.75, 3.05) is 12.9 Å². The Morgan fingerprint density at radius 2 is 1.70 bits per heavy atom. The predicted octanol–water partition coefficient (Wildman–Crippen LogP) is 7.31. The van der Waals surface area contributed by atoms with Gasteiger partial charge in [-0.1, -0.05) is 95.7 Å². The van der Waals surface area contributed by atoms with Gasteiger partial charge < -0.3 is 9.30 Å². The highest BCUT2D eigenvalue weighted by molar-refractivity contribution is 7.98. The van der Waals surface area contributed by atoms with Crippen LogP contribution < -0.4 is 14.9 Å². The number of carbonyl (C=O) groups is 1. The van der Waals surface area contributed by atoms with E-state index in [1.165, 1.54) is 11.3 Å². The molecule has 0 bridgehead atoms. The Morgan fingerprint density at radius 1 is 0.979 bits per heavy atom. The Kier molecular flexibility index (Phi) is 8.73. The standard InChI is InChI=1S/C38H30ClN3O3S2/c1-3-45-37(44)33-34(25-9-5-4-6-10-25)40-38-42(35(33)26-15-19-29(46-2)20-16-26)36(43)32(47-38)21-27-23-41(31-12-8-7-11-30(27)31)22-24-13-17-28(39)18-14-24/h4-21,23,35H,3,22H2,1-2H3/b32-21-/t35-/m0/s1. The maximum atomic E-state index is 14.4. The van der Waals surface area contributed by atoms with Crippen LogP contribution in [0.15, 0.2) is 130 Å². The van der Waals surface area contributed by atoms with Crippen LogP contribution in [0.25, 0.3) is 22.7 Å². The summed E-state index contributed by atoms with van der Waals surface area (Å²) in [6.07, 6.45) is 6.03. The normalized spacial score (nSPS) is 14.7. The quantitative estimate of drug-likeness (QED) is 0.125. The molecule has 1 aliphatic rings. The molecule has 1 atom stereocenters. The molecule has 0 spiro atoms. The van der Waals surface area contributed by atoms with Crippen molar-refractivity contribution in [2.24, 2.45) is 4.99 Å². The monoisotopic (exact) mass is 675 g/mol. The fourth-order valence-electron chi connectivity index (χ4n) is 5.99. The predicted molar refractivity (Wildman–Crippen MR) is 192 cm³/mol. The van der Waals surface area contributed by atoms with Gasteiger partial charge in [-0.2, -0.15) is 0 Å². The smallest absolute Gasteiger partial charge is 0.338 e. The van der Waals surface area contributed by atoms with Crippen molar-refractivity contribution in [1.29, 1.82) is 0 Å². The first-order valence-corrected chi connectivity index (χ1v) is 17.6. The minimum atomic E-state index is -0.718. The van der Waals surface area contributed by atoms with Crippen LogP contribution >= 0.6 is 34.7 Å². The molecule has 0 saturated heterocycles. The number of aromatic nitrogens is 2. The Balaban J connectivity index is 1.44. The molecule has 0 saturated carbocycles. The maximum absolute atomic E-state index is 14.4. The average molecular weight is 676 g/mol. The van der Waals surface area contributed by atoms with Gasteiger partial charge >= 0.3 is 5.97 Å². The highest BCUT2D eigenvalue weighted by Gasteiger charge is 2.35. The molecule has 0 unspecified atom stereocenters. The maximum Gasteiger partial charge on any atom is 0.338 e. The van der Waals surface area contributed by atoms with Crippen LogP contribution in [0.3, 0.4) is 0 Å². The van der Waals surface area contributed by atoms with Crippen LogP contribution in [0.4, 0.5) is 0 Å². The van der Waals surface area contributed by atoms with Crippen molar-refractivity contribution >= 4 is 63.3 Å². The Morgan fingerprint density at radius 3 is 2.43 bits per heavy atom. The third-order valence-electron chi connectivity index (χ3n) is 8.18. The van der Waals surface area contributed by atoms with Gasteiger partial charge in [0.1, 0.15) is 0 Å². The molecule has 1 aliphatic heterocycles. The van der Waals surface area contributed by atoms with Crippen molar-refractivity contribution in [3.05, 3.63) is 162 Å². The van der Waals surface area contributed by atoms with Crippen molar-refractivity contribution in [1.82, 2.24) is 9.13 Å². The Labute approximate surface area is 284 Å². The molecule has 2 aromatic heterocycles. The molecule has 7 rings (SSSR count). The van der Waals surface area contributed by atoms with Gasteiger partial charge in [-0.15, -0.1) is 11.8 Å². The number of fused-ring (bicyclic) bond motifs is 2. The summed E-state index contributed by atoms with van der Waals surface area (Å²) >= 11 is 9.09.